The van der Waals surface area contributed by atoms with Gasteiger partial charge in [0.05, 0.1) is 13.5 Å². The maximum Gasteiger partial charge on any atom is 0.309 e. The minimum Gasteiger partial charge on any atom is -0.469 e. The van der Waals surface area contributed by atoms with Crippen molar-refractivity contribution in [3.8, 4) is 0 Å². The van der Waals surface area contributed by atoms with Gasteiger partial charge in [0.15, 0.2) is 0 Å². The summed E-state index contributed by atoms with van der Waals surface area (Å²) in [4.78, 5) is 24.2. The predicted octanol–water partition coefficient (Wildman–Crippen LogP) is 11.4. The minimum atomic E-state index is -0.334. The van der Waals surface area contributed by atoms with E-state index in [1.54, 1.807) is 0 Å². The number of esters is 2. The molecule has 39 heavy (non-hydrogen) atoms. The molecule has 0 aliphatic carbocycles. The minimum absolute atomic E-state index is 0.151. The van der Waals surface area contributed by atoms with Crippen molar-refractivity contribution < 1.29 is 19.1 Å². The Hall–Kier alpha value is -1.06. The van der Waals surface area contributed by atoms with E-state index in [0.29, 0.717) is 6.42 Å². The number of hydrogen-bond acceptors (Lipinski definition) is 4. The van der Waals surface area contributed by atoms with Crippen LogP contribution in [0.15, 0.2) is 0 Å². The first-order valence-corrected chi connectivity index (χ1v) is 17.4. The first-order chi connectivity index (χ1) is 19.1. The van der Waals surface area contributed by atoms with Gasteiger partial charge in [-0.3, -0.25) is 9.59 Å². The Bertz CT molecular complexity index is 519. The molecule has 0 aliphatic heterocycles. The molecule has 0 aromatic carbocycles. The van der Waals surface area contributed by atoms with Crippen LogP contribution < -0.4 is 0 Å². The average molecular weight is 553 g/mol. The fourth-order valence-electron chi connectivity index (χ4n) is 5.39. The van der Waals surface area contributed by atoms with Crippen LogP contribution in [0.3, 0.4) is 0 Å². The third-order valence-corrected chi connectivity index (χ3v) is 8.03. The van der Waals surface area contributed by atoms with Gasteiger partial charge in [-0.2, -0.15) is 0 Å². The van der Waals surface area contributed by atoms with Crippen molar-refractivity contribution in [1.29, 1.82) is 0 Å². The van der Waals surface area contributed by atoms with Crippen molar-refractivity contribution in [2.24, 2.45) is 0 Å². The zero-order valence-electron chi connectivity index (χ0n) is 26.7. The number of carbonyl (C=O) groups is 2. The van der Waals surface area contributed by atoms with E-state index in [9.17, 15) is 9.59 Å². The highest BCUT2D eigenvalue weighted by Gasteiger charge is 2.18. The van der Waals surface area contributed by atoms with E-state index < -0.39 is 0 Å². The summed E-state index contributed by atoms with van der Waals surface area (Å²) in [6.07, 6.45) is 34.9. The second kappa shape index (κ2) is 31.5. The van der Waals surface area contributed by atoms with Crippen molar-refractivity contribution in [3.05, 3.63) is 0 Å². The molecule has 4 heteroatoms. The van der Waals surface area contributed by atoms with Crippen LogP contribution in [0.4, 0.5) is 0 Å². The maximum atomic E-state index is 12.4. The summed E-state index contributed by atoms with van der Waals surface area (Å²) >= 11 is 0. The van der Waals surface area contributed by atoms with Gasteiger partial charge in [-0.05, 0) is 19.3 Å². The fraction of sp³-hybridized carbons (Fsp3) is 0.943. The van der Waals surface area contributed by atoms with Crippen LogP contribution in [0.5, 0.6) is 0 Å². The van der Waals surface area contributed by atoms with Crippen LogP contribution >= 0.6 is 0 Å². The Morgan fingerprint density at radius 2 is 0.795 bits per heavy atom. The van der Waals surface area contributed by atoms with Crippen LogP contribution in [-0.2, 0) is 19.1 Å². The first-order valence-electron chi connectivity index (χ1n) is 17.4. The second-order valence-corrected chi connectivity index (χ2v) is 11.9. The Labute approximate surface area is 244 Å². The number of methoxy groups -OCH3 is 1. The van der Waals surface area contributed by atoms with Crippen LogP contribution in [0.1, 0.15) is 200 Å². The molecule has 0 saturated heterocycles. The van der Waals surface area contributed by atoms with Gasteiger partial charge in [0, 0.05) is 6.42 Å². The molecule has 0 rings (SSSR count). The molecule has 0 fully saturated rings. The summed E-state index contributed by atoms with van der Waals surface area (Å²) in [6.45, 7) is 4.54. The van der Waals surface area contributed by atoms with Gasteiger partial charge in [0.2, 0.25) is 0 Å². The van der Waals surface area contributed by atoms with Crippen molar-refractivity contribution in [2.45, 2.75) is 206 Å². The van der Waals surface area contributed by atoms with Crippen molar-refractivity contribution >= 4 is 11.9 Å². The average Bonchev–Trinajstić information content (AvgIpc) is 2.93. The lowest BCUT2D eigenvalue weighted by molar-refractivity contribution is -0.154. The molecule has 0 bridgehead atoms. The highest BCUT2D eigenvalue weighted by molar-refractivity contribution is 5.72. The molecule has 0 spiro atoms. The van der Waals surface area contributed by atoms with E-state index >= 15 is 0 Å². The number of hydrogen-bond donors (Lipinski definition) is 0. The van der Waals surface area contributed by atoms with E-state index in [2.05, 4.69) is 13.8 Å². The van der Waals surface area contributed by atoms with Gasteiger partial charge in [0.1, 0.15) is 6.10 Å². The molecule has 4 nitrogen and oxygen atoms in total. The van der Waals surface area contributed by atoms with E-state index in [1.807, 2.05) is 0 Å². The molecule has 0 aromatic rings. The summed E-state index contributed by atoms with van der Waals surface area (Å²) in [5, 5.41) is 0. The van der Waals surface area contributed by atoms with E-state index in [-0.39, 0.29) is 24.5 Å². The number of unbranched alkanes of at least 4 members (excludes halogenated alkanes) is 24. The number of rotatable bonds is 31. The Morgan fingerprint density at radius 3 is 1.15 bits per heavy atom. The number of ether oxygens (including phenoxy) is 2. The van der Waals surface area contributed by atoms with Gasteiger partial charge >= 0.3 is 11.9 Å². The first kappa shape index (κ1) is 37.9. The van der Waals surface area contributed by atoms with Crippen molar-refractivity contribution in [2.75, 3.05) is 7.11 Å². The van der Waals surface area contributed by atoms with Gasteiger partial charge in [0.25, 0.3) is 0 Å². The highest BCUT2D eigenvalue weighted by atomic mass is 16.6. The number of carbonyl (C=O) groups excluding carboxylic acids is 2. The maximum absolute atomic E-state index is 12.4. The summed E-state index contributed by atoms with van der Waals surface area (Å²) in [5.74, 6) is -0.440. The topological polar surface area (TPSA) is 52.6 Å². The van der Waals surface area contributed by atoms with E-state index in [1.165, 1.54) is 148 Å². The molecule has 0 aliphatic rings. The van der Waals surface area contributed by atoms with Gasteiger partial charge < -0.3 is 9.47 Å². The molecule has 0 saturated carbocycles. The van der Waals surface area contributed by atoms with Gasteiger partial charge in [-0.1, -0.05) is 168 Å². The molecule has 0 N–H and O–H groups in total. The third-order valence-electron chi connectivity index (χ3n) is 8.03. The summed E-state index contributed by atoms with van der Waals surface area (Å²) in [5.41, 5.74) is 0. The fourth-order valence-corrected chi connectivity index (χ4v) is 5.39. The Balaban J connectivity index is 3.75. The molecular weight excluding hydrogens is 484 g/mol. The quantitative estimate of drug-likeness (QED) is 0.0634. The Kier molecular flexibility index (Phi) is 30.6. The van der Waals surface area contributed by atoms with Gasteiger partial charge in [-0.15, -0.1) is 0 Å². The molecule has 0 aromatic heterocycles. The molecule has 0 amide bonds. The van der Waals surface area contributed by atoms with Crippen LogP contribution in [0.25, 0.3) is 0 Å². The van der Waals surface area contributed by atoms with Crippen LogP contribution in [0, 0.1) is 0 Å². The SMILES string of the molecule is CCCCCCCCCCCCCCCC(=O)OC(CCCCCCCCCCCCCCC)CC(=O)OC. The summed E-state index contributed by atoms with van der Waals surface area (Å²) in [7, 11) is 1.40. The largest absolute Gasteiger partial charge is 0.469 e. The predicted molar refractivity (Wildman–Crippen MR) is 167 cm³/mol. The van der Waals surface area contributed by atoms with Crippen LogP contribution in [-0.4, -0.2) is 25.2 Å². The lowest BCUT2D eigenvalue weighted by Gasteiger charge is -2.17. The zero-order chi connectivity index (χ0) is 28.7. The molecule has 232 valence electrons. The van der Waals surface area contributed by atoms with Crippen LogP contribution in [0.2, 0.25) is 0 Å². The summed E-state index contributed by atoms with van der Waals surface area (Å²) < 4.78 is 10.5. The summed E-state index contributed by atoms with van der Waals surface area (Å²) in [6, 6.07) is 0. The van der Waals surface area contributed by atoms with E-state index in [0.717, 1.165) is 32.1 Å². The zero-order valence-corrected chi connectivity index (χ0v) is 26.7. The van der Waals surface area contributed by atoms with E-state index in [4.69, 9.17) is 9.47 Å². The van der Waals surface area contributed by atoms with Crippen molar-refractivity contribution in [1.82, 2.24) is 0 Å². The van der Waals surface area contributed by atoms with Crippen molar-refractivity contribution in [3.63, 3.8) is 0 Å². The smallest absolute Gasteiger partial charge is 0.309 e. The van der Waals surface area contributed by atoms with Gasteiger partial charge in [-0.25, -0.2) is 0 Å². The lowest BCUT2D eigenvalue weighted by atomic mass is 10.0. The molecule has 1 atom stereocenters. The molecule has 0 heterocycles. The Morgan fingerprint density at radius 1 is 0.462 bits per heavy atom. The molecule has 0 radical (unpaired) electrons. The third kappa shape index (κ3) is 29.7. The monoisotopic (exact) mass is 553 g/mol. The standard InChI is InChI=1S/C35H68O4/c1-4-6-8-10-12-14-16-18-20-22-24-26-28-30-33(32-35(37)38-3)39-34(36)31-29-27-25-23-21-19-17-15-13-11-9-7-5-2/h33H,4-32H2,1-3H3. The molecule has 1 unspecified atom stereocenters. The highest BCUT2D eigenvalue weighted by Crippen LogP contribution is 2.17. The second-order valence-electron chi connectivity index (χ2n) is 11.9. The normalized spacial score (nSPS) is 12.0. The lowest BCUT2D eigenvalue weighted by Crippen LogP contribution is -2.22. The molecular formula is C35H68O4.